The largest absolute Gasteiger partial charge is 0.506 e. The first-order valence-corrected chi connectivity index (χ1v) is 9.11. The Bertz CT molecular complexity index is 1290. The summed E-state index contributed by atoms with van der Waals surface area (Å²) in [4.78, 5) is 27.9. The summed E-state index contributed by atoms with van der Waals surface area (Å²) in [6.45, 7) is 2.20. The highest BCUT2D eigenvalue weighted by atomic mass is 19.1. The smallest absolute Gasteiger partial charge is 0.266 e. The van der Waals surface area contributed by atoms with Crippen molar-refractivity contribution in [1.82, 2.24) is 14.8 Å². The summed E-state index contributed by atoms with van der Waals surface area (Å²) in [5.41, 5.74) is -0.229. The Morgan fingerprint density at radius 1 is 1.23 bits per heavy atom. The number of nitrogens with zero attached hydrogens (tertiary/aromatic N) is 2. The summed E-state index contributed by atoms with van der Waals surface area (Å²) < 4.78 is 20.0. The van der Waals surface area contributed by atoms with E-state index in [-0.39, 0.29) is 11.0 Å². The molecule has 0 saturated carbocycles. The Morgan fingerprint density at radius 2 is 1.97 bits per heavy atom. The molecule has 4 aromatic rings. The van der Waals surface area contributed by atoms with Crippen LogP contribution in [0.25, 0.3) is 16.7 Å². The Labute approximate surface area is 169 Å². The van der Waals surface area contributed by atoms with Gasteiger partial charge in [0.2, 0.25) is 0 Å². The van der Waals surface area contributed by atoms with Crippen LogP contribution in [0.5, 0.6) is 11.5 Å². The molecule has 152 valence electrons. The number of hydrogen-bond acceptors (Lipinski definition) is 5. The van der Waals surface area contributed by atoms with Gasteiger partial charge in [-0.2, -0.15) is 5.10 Å². The molecule has 0 saturated heterocycles. The van der Waals surface area contributed by atoms with Crippen LogP contribution in [0, 0.1) is 5.82 Å². The molecule has 0 unspecified atom stereocenters. The second-order valence-corrected chi connectivity index (χ2v) is 6.36. The van der Waals surface area contributed by atoms with Crippen molar-refractivity contribution in [1.29, 1.82) is 0 Å². The number of H-pyrrole nitrogens is 1. The number of benzene rings is 2. The molecule has 3 N–H and O–H groups in total. The van der Waals surface area contributed by atoms with E-state index in [9.17, 15) is 19.1 Å². The second kappa shape index (κ2) is 7.70. The van der Waals surface area contributed by atoms with Crippen LogP contribution in [0.4, 0.5) is 10.1 Å². The third kappa shape index (κ3) is 3.37. The fourth-order valence-corrected chi connectivity index (χ4v) is 3.08. The van der Waals surface area contributed by atoms with Gasteiger partial charge in [0.1, 0.15) is 28.5 Å². The van der Waals surface area contributed by atoms with E-state index in [1.54, 1.807) is 24.3 Å². The fraction of sp³-hybridized carbons (Fsp3) is 0.0952. The first-order chi connectivity index (χ1) is 14.5. The lowest BCUT2D eigenvalue weighted by Gasteiger charge is -2.12. The van der Waals surface area contributed by atoms with Crippen molar-refractivity contribution in [3.05, 3.63) is 76.5 Å². The maximum atomic E-state index is 13.2. The lowest BCUT2D eigenvalue weighted by atomic mass is 10.2. The number of halogens is 1. The van der Waals surface area contributed by atoms with Crippen molar-refractivity contribution in [3.8, 4) is 17.2 Å². The number of carbonyl (C=O) groups excluding carboxylic acids is 1. The maximum Gasteiger partial charge on any atom is 0.266 e. The quantitative estimate of drug-likeness (QED) is 0.470. The molecule has 0 spiro atoms. The summed E-state index contributed by atoms with van der Waals surface area (Å²) in [5, 5.41) is 17.5. The van der Waals surface area contributed by atoms with Crippen LogP contribution < -0.4 is 15.6 Å². The topological polar surface area (TPSA) is 109 Å². The van der Waals surface area contributed by atoms with Gasteiger partial charge in [0.25, 0.3) is 11.5 Å². The number of anilines is 1. The molecule has 8 nitrogen and oxygen atoms in total. The zero-order valence-electron chi connectivity index (χ0n) is 15.8. The van der Waals surface area contributed by atoms with E-state index in [0.717, 1.165) is 0 Å². The van der Waals surface area contributed by atoms with Gasteiger partial charge in [-0.25, -0.2) is 9.07 Å². The van der Waals surface area contributed by atoms with Gasteiger partial charge in [-0.05, 0) is 43.3 Å². The SMILES string of the molecule is CCOc1ccccc1NC(=O)c1c(O)c2cnn(-c3ccc(F)cc3)c2[nH]c1=O. The van der Waals surface area contributed by atoms with Gasteiger partial charge in [0, 0.05) is 0 Å². The molecular formula is C21H17FN4O4. The van der Waals surface area contributed by atoms with E-state index in [1.807, 2.05) is 6.92 Å². The van der Waals surface area contributed by atoms with Crippen molar-refractivity contribution < 1.29 is 19.0 Å². The summed E-state index contributed by atoms with van der Waals surface area (Å²) in [7, 11) is 0. The zero-order chi connectivity index (χ0) is 21.3. The maximum absolute atomic E-state index is 13.2. The number of carbonyl (C=O) groups is 1. The minimum atomic E-state index is -0.796. The molecule has 0 aliphatic rings. The second-order valence-electron chi connectivity index (χ2n) is 6.36. The van der Waals surface area contributed by atoms with Crippen molar-refractivity contribution in [2.45, 2.75) is 6.92 Å². The third-order valence-corrected chi connectivity index (χ3v) is 4.45. The third-order valence-electron chi connectivity index (χ3n) is 4.45. The average Bonchev–Trinajstić information content (AvgIpc) is 3.14. The van der Waals surface area contributed by atoms with Crippen LogP contribution in [-0.4, -0.2) is 32.4 Å². The highest BCUT2D eigenvalue weighted by Crippen LogP contribution is 2.29. The monoisotopic (exact) mass is 408 g/mol. The zero-order valence-corrected chi connectivity index (χ0v) is 15.8. The molecule has 2 heterocycles. The lowest BCUT2D eigenvalue weighted by Crippen LogP contribution is -2.24. The highest BCUT2D eigenvalue weighted by molar-refractivity contribution is 6.09. The number of aromatic nitrogens is 3. The van der Waals surface area contributed by atoms with E-state index in [0.29, 0.717) is 23.7 Å². The minimum absolute atomic E-state index is 0.169. The van der Waals surface area contributed by atoms with Crippen LogP contribution in [-0.2, 0) is 0 Å². The number of aromatic hydroxyl groups is 1. The number of fused-ring (bicyclic) bond motifs is 1. The summed E-state index contributed by atoms with van der Waals surface area (Å²) in [6.07, 6.45) is 1.31. The number of para-hydroxylation sites is 2. The molecule has 0 atom stereocenters. The Hall–Kier alpha value is -4.14. The molecule has 0 fully saturated rings. The van der Waals surface area contributed by atoms with Crippen molar-refractivity contribution >= 4 is 22.6 Å². The Balaban J connectivity index is 1.75. The number of rotatable bonds is 5. The predicted molar refractivity (Wildman–Crippen MR) is 109 cm³/mol. The van der Waals surface area contributed by atoms with Gasteiger partial charge in [-0.1, -0.05) is 12.1 Å². The minimum Gasteiger partial charge on any atom is -0.506 e. The molecule has 0 aliphatic heterocycles. The molecule has 0 aliphatic carbocycles. The Morgan fingerprint density at radius 3 is 2.70 bits per heavy atom. The molecule has 9 heteroatoms. The molecule has 1 amide bonds. The van der Waals surface area contributed by atoms with Gasteiger partial charge in [-0.15, -0.1) is 0 Å². The molecular weight excluding hydrogens is 391 g/mol. The molecule has 30 heavy (non-hydrogen) atoms. The first-order valence-electron chi connectivity index (χ1n) is 9.11. The van der Waals surface area contributed by atoms with E-state index in [2.05, 4.69) is 15.4 Å². The van der Waals surface area contributed by atoms with E-state index < -0.39 is 28.6 Å². The highest BCUT2D eigenvalue weighted by Gasteiger charge is 2.22. The van der Waals surface area contributed by atoms with Crippen molar-refractivity contribution in [3.63, 3.8) is 0 Å². The number of ether oxygens (including phenoxy) is 1. The molecule has 2 aromatic carbocycles. The van der Waals surface area contributed by atoms with Gasteiger partial charge in [-0.3, -0.25) is 9.59 Å². The van der Waals surface area contributed by atoms with Gasteiger partial charge in [0.15, 0.2) is 0 Å². The van der Waals surface area contributed by atoms with Crippen LogP contribution in [0.2, 0.25) is 0 Å². The molecule has 0 bridgehead atoms. The molecule has 0 radical (unpaired) electrons. The predicted octanol–water partition coefficient (Wildman–Crippen LogP) is 3.21. The van der Waals surface area contributed by atoms with Gasteiger partial charge in [0.05, 0.1) is 29.6 Å². The number of nitrogens with one attached hydrogen (secondary N) is 2. The summed E-state index contributed by atoms with van der Waals surface area (Å²) in [5.74, 6) is -1.28. The lowest BCUT2D eigenvalue weighted by molar-refractivity contribution is 0.102. The van der Waals surface area contributed by atoms with E-state index in [1.165, 1.54) is 35.1 Å². The van der Waals surface area contributed by atoms with E-state index in [4.69, 9.17) is 4.74 Å². The number of pyridine rings is 1. The van der Waals surface area contributed by atoms with Gasteiger partial charge >= 0.3 is 0 Å². The Kier molecular flexibility index (Phi) is 4.93. The van der Waals surface area contributed by atoms with Crippen LogP contribution in [0.3, 0.4) is 0 Å². The first kappa shape index (κ1) is 19.2. The van der Waals surface area contributed by atoms with Crippen LogP contribution >= 0.6 is 0 Å². The number of hydrogen-bond donors (Lipinski definition) is 3. The summed E-state index contributed by atoms with van der Waals surface area (Å²) in [6, 6.07) is 12.2. The number of aromatic amines is 1. The van der Waals surface area contributed by atoms with Crippen molar-refractivity contribution in [2.24, 2.45) is 0 Å². The summed E-state index contributed by atoms with van der Waals surface area (Å²) >= 11 is 0. The number of amides is 1. The van der Waals surface area contributed by atoms with E-state index >= 15 is 0 Å². The fourth-order valence-electron chi connectivity index (χ4n) is 3.08. The normalized spacial score (nSPS) is 10.9. The van der Waals surface area contributed by atoms with Gasteiger partial charge < -0.3 is 20.1 Å². The van der Waals surface area contributed by atoms with Crippen molar-refractivity contribution in [2.75, 3.05) is 11.9 Å². The average molecular weight is 408 g/mol. The standard InChI is InChI=1S/C21H17FN4O4/c1-2-30-16-6-4-3-5-15(16)24-20(28)17-18(27)14-11-23-26(19(14)25-21(17)29)13-9-7-12(22)8-10-13/h3-11H,2H2,1H3,(H,24,28)(H2,25,27,29). The molecule has 4 rings (SSSR count). The van der Waals surface area contributed by atoms with Crippen LogP contribution in [0.1, 0.15) is 17.3 Å². The van der Waals surface area contributed by atoms with Crippen LogP contribution in [0.15, 0.2) is 59.5 Å². The molecule has 2 aromatic heterocycles.